The van der Waals surface area contributed by atoms with Crippen molar-refractivity contribution >= 4 is 29.4 Å². The van der Waals surface area contributed by atoms with E-state index >= 15 is 0 Å². The first-order valence-corrected chi connectivity index (χ1v) is 9.41. The van der Waals surface area contributed by atoms with Crippen LogP contribution in [0.25, 0.3) is 0 Å². The van der Waals surface area contributed by atoms with E-state index in [1.165, 1.54) is 0 Å². The molecule has 1 aliphatic heterocycles. The van der Waals surface area contributed by atoms with Crippen LogP contribution in [0.4, 0.5) is 5.69 Å². The Kier molecular flexibility index (Phi) is 4.53. The third kappa shape index (κ3) is 3.21. The number of ether oxygens (including phenoxy) is 1. The fraction of sp³-hybridized carbons (Fsp3) is 0.429. The van der Waals surface area contributed by atoms with E-state index in [2.05, 4.69) is 5.32 Å². The number of anilines is 1. The standard InChI is InChI=1S/C21H22N2O5/c1-11-5-12(2)7-15(6-11)22-16(24)10-28-17(25)9-23-20(26)18-13-3-4-14(8-13)19(18)21(23)27/h3-7,13-14,18-19H,8-10H2,1-2H3,(H,22,24)/t13-,14-,18-,19+/m0/s1. The molecule has 0 radical (unpaired) electrons. The number of nitrogens with zero attached hydrogens (tertiary/aromatic N) is 1. The molecule has 1 saturated heterocycles. The normalized spacial score (nSPS) is 27.3. The lowest BCUT2D eigenvalue weighted by molar-refractivity contribution is -0.154. The van der Waals surface area contributed by atoms with Crippen LogP contribution in [0.5, 0.6) is 0 Å². The van der Waals surface area contributed by atoms with Crippen molar-refractivity contribution in [2.45, 2.75) is 20.3 Å². The van der Waals surface area contributed by atoms with Crippen molar-refractivity contribution in [3.63, 3.8) is 0 Å². The van der Waals surface area contributed by atoms with Crippen molar-refractivity contribution in [3.05, 3.63) is 41.5 Å². The number of carbonyl (C=O) groups excluding carboxylic acids is 4. The molecule has 2 aliphatic carbocycles. The lowest BCUT2D eigenvalue weighted by Gasteiger charge is -2.16. The Balaban J connectivity index is 1.30. The minimum atomic E-state index is -0.766. The van der Waals surface area contributed by atoms with Crippen LogP contribution in [0.3, 0.4) is 0 Å². The van der Waals surface area contributed by atoms with Crippen LogP contribution in [-0.2, 0) is 23.9 Å². The predicted molar refractivity (Wildman–Crippen MR) is 99.9 cm³/mol. The SMILES string of the molecule is Cc1cc(C)cc(NC(=O)COC(=O)CN2C(=O)[C@@H]3[C@H](C2=O)[C@H]2C=C[C@H]3C2)c1. The quantitative estimate of drug-likeness (QED) is 0.474. The highest BCUT2D eigenvalue weighted by Gasteiger charge is 2.59. The van der Waals surface area contributed by atoms with Gasteiger partial charge in [0.2, 0.25) is 11.8 Å². The van der Waals surface area contributed by atoms with Crippen LogP contribution < -0.4 is 5.32 Å². The zero-order valence-electron chi connectivity index (χ0n) is 15.8. The predicted octanol–water partition coefficient (Wildman–Crippen LogP) is 1.59. The maximum atomic E-state index is 12.5. The van der Waals surface area contributed by atoms with Gasteiger partial charge in [0.15, 0.2) is 6.61 Å². The van der Waals surface area contributed by atoms with Gasteiger partial charge in [0, 0.05) is 5.69 Å². The molecule has 1 saturated carbocycles. The van der Waals surface area contributed by atoms with E-state index in [1.807, 2.05) is 44.2 Å². The molecule has 7 nitrogen and oxygen atoms in total. The Morgan fingerprint density at radius 3 is 2.18 bits per heavy atom. The van der Waals surface area contributed by atoms with Gasteiger partial charge in [-0.2, -0.15) is 0 Å². The highest BCUT2D eigenvalue weighted by molar-refractivity contribution is 6.08. The van der Waals surface area contributed by atoms with Gasteiger partial charge in [0.1, 0.15) is 6.54 Å². The van der Waals surface area contributed by atoms with Crippen LogP contribution in [0.15, 0.2) is 30.4 Å². The Hall–Kier alpha value is -2.96. The summed E-state index contributed by atoms with van der Waals surface area (Å²) in [4.78, 5) is 50.2. The average molecular weight is 382 g/mol. The van der Waals surface area contributed by atoms with Gasteiger partial charge in [0.05, 0.1) is 11.8 Å². The molecule has 4 rings (SSSR count). The molecule has 0 unspecified atom stereocenters. The lowest BCUT2D eigenvalue weighted by atomic mass is 9.85. The molecule has 28 heavy (non-hydrogen) atoms. The number of hydrogen-bond acceptors (Lipinski definition) is 5. The van der Waals surface area contributed by atoms with Crippen molar-refractivity contribution in [1.82, 2.24) is 4.90 Å². The summed E-state index contributed by atoms with van der Waals surface area (Å²) < 4.78 is 4.97. The van der Waals surface area contributed by atoms with Crippen molar-refractivity contribution in [2.75, 3.05) is 18.5 Å². The van der Waals surface area contributed by atoms with Gasteiger partial charge >= 0.3 is 5.97 Å². The molecular weight excluding hydrogens is 360 g/mol. The van der Waals surface area contributed by atoms with E-state index in [4.69, 9.17) is 4.74 Å². The summed E-state index contributed by atoms with van der Waals surface area (Å²) in [6.07, 6.45) is 4.83. The summed E-state index contributed by atoms with van der Waals surface area (Å²) in [6.45, 7) is 2.93. The molecule has 1 N–H and O–H groups in total. The van der Waals surface area contributed by atoms with E-state index < -0.39 is 25.0 Å². The molecule has 3 amide bonds. The van der Waals surface area contributed by atoms with Crippen molar-refractivity contribution in [2.24, 2.45) is 23.7 Å². The average Bonchev–Trinajstić information content (AvgIpc) is 3.29. The number of benzene rings is 1. The number of hydrogen-bond donors (Lipinski definition) is 1. The third-order valence-corrected chi connectivity index (χ3v) is 5.72. The molecule has 3 aliphatic rings. The van der Waals surface area contributed by atoms with E-state index in [0.717, 1.165) is 22.4 Å². The van der Waals surface area contributed by atoms with Crippen molar-refractivity contribution < 1.29 is 23.9 Å². The molecule has 0 spiro atoms. The van der Waals surface area contributed by atoms with Crippen LogP contribution in [-0.4, -0.2) is 41.7 Å². The van der Waals surface area contributed by atoms with Gasteiger partial charge in [-0.3, -0.25) is 24.1 Å². The number of esters is 1. The first-order valence-electron chi connectivity index (χ1n) is 9.41. The topological polar surface area (TPSA) is 92.8 Å². The molecule has 2 fully saturated rings. The second-order valence-electron chi connectivity index (χ2n) is 7.85. The number of likely N-dealkylation sites (tertiary alicyclic amines) is 1. The molecule has 4 atom stereocenters. The number of nitrogens with one attached hydrogen (secondary N) is 1. The molecule has 1 aromatic carbocycles. The minimum absolute atomic E-state index is 0.0936. The molecule has 7 heteroatoms. The minimum Gasteiger partial charge on any atom is -0.454 e. The van der Waals surface area contributed by atoms with Gasteiger partial charge < -0.3 is 10.1 Å². The van der Waals surface area contributed by atoms with E-state index in [9.17, 15) is 19.2 Å². The summed E-state index contributed by atoms with van der Waals surface area (Å²) in [6, 6.07) is 5.61. The van der Waals surface area contributed by atoms with Crippen molar-refractivity contribution in [1.29, 1.82) is 0 Å². The summed E-state index contributed by atoms with van der Waals surface area (Å²) in [5, 5.41) is 2.67. The number of rotatable bonds is 5. The van der Waals surface area contributed by atoms with Crippen molar-refractivity contribution in [3.8, 4) is 0 Å². The Morgan fingerprint density at radius 2 is 1.61 bits per heavy atom. The lowest BCUT2D eigenvalue weighted by Crippen LogP contribution is -2.38. The second kappa shape index (κ2) is 6.89. The molecule has 1 heterocycles. The van der Waals surface area contributed by atoms with Crippen LogP contribution in [0.1, 0.15) is 17.5 Å². The van der Waals surface area contributed by atoms with Crippen LogP contribution in [0.2, 0.25) is 0 Å². The van der Waals surface area contributed by atoms with E-state index in [1.54, 1.807) is 0 Å². The van der Waals surface area contributed by atoms with Crippen LogP contribution >= 0.6 is 0 Å². The second-order valence-corrected chi connectivity index (χ2v) is 7.85. The molecule has 2 bridgehead atoms. The number of fused-ring (bicyclic) bond motifs is 5. The third-order valence-electron chi connectivity index (χ3n) is 5.72. The summed E-state index contributed by atoms with van der Waals surface area (Å²) in [5.74, 6) is -2.35. The first-order chi connectivity index (χ1) is 13.3. The van der Waals surface area contributed by atoms with Gasteiger partial charge in [-0.15, -0.1) is 0 Å². The highest BCUT2D eigenvalue weighted by atomic mass is 16.5. The zero-order chi connectivity index (χ0) is 20.0. The van der Waals surface area contributed by atoms with Gasteiger partial charge in [0.25, 0.3) is 5.91 Å². The van der Waals surface area contributed by atoms with Gasteiger partial charge in [-0.05, 0) is 55.4 Å². The van der Waals surface area contributed by atoms with Crippen LogP contribution in [0, 0.1) is 37.5 Å². The summed E-state index contributed by atoms with van der Waals surface area (Å²) in [7, 11) is 0. The Morgan fingerprint density at radius 1 is 1.04 bits per heavy atom. The molecule has 146 valence electrons. The smallest absolute Gasteiger partial charge is 0.326 e. The number of carbonyl (C=O) groups is 4. The summed E-state index contributed by atoms with van der Waals surface area (Å²) >= 11 is 0. The fourth-order valence-electron chi connectivity index (χ4n) is 4.68. The number of amides is 3. The highest BCUT2D eigenvalue weighted by Crippen LogP contribution is 2.52. The van der Waals surface area contributed by atoms with Gasteiger partial charge in [-0.1, -0.05) is 18.2 Å². The van der Waals surface area contributed by atoms with E-state index in [0.29, 0.717) is 5.69 Å². The molecular formula is C21H22N2O5. The Labute approximate surface area is 162 Å². The number of allylic oxidation sites excluding steroid dienone is 2. The van der Waals surface area contributed by atoms with E-state index in [-0.39, 0.29) is 35.5 Å². The maximum Gasteiger partial charge on any atom is 0.326 e. The maximum absolute atomic E-state index is 12.5. The fourth-order valence-corrected chi connectivity index (χ4v) is 4.68. The molecule has 0 aromatic heterocycles. The van der Waals surface area contributed by atoms with Gasteiger partial charge in [-0.25, -0.2) is 0 Å². The monoisotopic (exact) mass is 382 g/mol. The largest absolute Gasteiger partial charge is 0.454 e. The summed E-state index contributed by atoms with van der Waals surface area (Å²) in [5.41, 5.74) is 2.64. The molecule has 1 aromatic rings. The Bertz CT molecular complexity index is 856. The zero-order valence-corrected chi connectivity index (χ0v) is 15.8. The number of imide groups is 1. The first kappa shape index (κ1) is 18.4. The number of aryl methyl sites for hydroxylation is 2.